The van der Waals surface area contributed by atoms with E-state index in [2.05, 4.69) is 4.98 Å². The number of methoxy groups -OCH3 is 1. The van der Waals surface area contributed by atoms with Gasteiger partial charge in [-0.3, -0.25) is 0 Å². The average molecular weight is 185 g/mol. The fraction of sp³-hybridized carbons (Fsp3) is 0.167. The normalized spacial score (nSPS) is 9.11. The van der Waals surface area contributed by atoms with Crippen LogP contribution >= 0.6 is 0 Å². The minimum atomic E-state index is 0.692. The number of aromatic nitrogens is 1. The van der Waals surface area contributed by atoms with Gasteiger partial charge in [-0.05, 0) is 0 Å². The number of hydrogen-bond acceptors (Lipinski definition) is 2. The summed E-state index contributed by atoms with van der Waals surface area (Å²) in [6.45, 7) is 0. The molecular weight excluding hydrogens is 177 g/mol. The van der Waals surface area contributed by atoms with Crippen molar-refractivity contribution in [1.29, 1.82) is 0 Å². The van der Waals surface area contributed by atoms with Gasteiger partial charge in [0.2, 0.25) is 0 Å². The van der Waals surface area contributed by atoms with Crippen molar-refractivity contribution in [2.24, 2.45) is 0 Å². The van der Waals surface area contributed by atoms with Gasteiger partial charge in [0, 0.05) is 0 Å². The van der Waals surface area contributed by atoms with Gasteiger partial charge in [0.05, 0.1) is 0 Å². The molecule has 1 aromatic rings. The van der Waals surface area contributed by atoms with Gasteiger partial charge in [-0.1, -0.05) is 0 Å². The van der Waals surface area contributed by atoms with Gasteiger partial charge in [-0.2, -0.15) is 0 Å². The monoisotopic (exact) mass is 185 g/mol. The summed E-state index contributed by atoms with van der Waals surface area (Å²) in [5, 5.41) is 0. The summed E-state index contributed by atoms with van der Waals surface area (Å²) in [6, 6.07) is 3.88. The van der Waals surface area contributed by atoms with Gasteiger partial charge in [-0.25, -0.2) is 0 Å². The zero-order chi connectivity index (χ0) is 6.69. The fourth-order valence-electron chi connectivity index (χ4n) is 0.536. The van der Waals surface area contributed by atoms with Crippen LogP contribution < -0.4 is 9.09 Å². The molecule has 0 bridgehead atoms. The molecule has 0 aromatic carbocycles. The van der Waals surface area contributed by atoms with Crippen LogP contribution in [0.5, 0.6) is 5.88 Å². The van der Waals surface area contributed by atoms with Crippen LogP contribution in [-0.2, 0) is 0 Å². The van der Waals surface area contributed by atoms with Crippen LogP contribution in [0.25, 0.3) is 0 Å². The Morgan fingerprint density at radius 1 is 1.67 bits per heavy atom. The summed E-state index contributed by atoms with van der Waals surface area (Å²) in [4.78, 5) is 3.95. The van der Waals surface area contributed by atoms with E-state index in [0.717, 1.165) is 0 Å². The molecule has 0 spiro atoms. The molecule has 0 saturated carbocycles. The SMILES string of the molecule is COc1cc([AsH2])ccn1. The Hall–Kier alpha value is -0.492. The van der Waals surface area contributed by atoms with Crippen LogP contribution in [0.4, 0.5) is 0 Å². The van der Waals surface area contributed by atoms with Crippen molar-refractivity contribution in [2.45, 2.75) is 0 Å². The molecule has 1 aromatic heterocycles. The zero-order valence-corrected chi connectivity index (χ0v) is 7.59. The Bertz CT molecular complexity index is 202. The predicted octanol–water partition coefficient (Wildman–Crippen LogP) is -0.651. The van der Waals surface area contributed by atoms with E-state index < -0.39 is 0 Å². The minimum absolute atomic E-state index is 0.692. The van der Waals surface area contributed by atoms with Crippen molar-refractivity contribution in [3.05, 3.63) is 18.3 Å². The molecule has 1 heterocycles. The molecule has 3 heteroatoms. The molecule has 1 atom stereocenters. The van der Waals surface area contributed by atoms with Gasteiger partial charge in [0.25, 0.3) is 0 Å². The van der Waals surface area contributed by atoms with E-state index >= 15 is 0 Å². The molecule has 48 valence electrons. The Labute approximate surface area is 62.8 Å². The Balaban J connectivity index is 2.94. The summed E-state index contributed by atoms with van der Waals surface area (Å²) >= 11 is 1.58. The van der Waals surface area contributed by atoms with Crippen molar-refractivity contribution in [3.8, 4) is 5.88 Å². The third-order valence-electron chi connectivity index (χ3n) is 0.968. The second-order valence-electron chi connectivity index (χ2n) is 1.63. The number of pyridine rings is 1. The van der Waals surface area contributed by atoms with Crippen LogP contribution in [-0.4, -0.2) is 28.9 Å². The van der Waals surface area contributed by atoms with Crippen molar-refractivity contribution in [1.82, 2.24) is 4.98 Å². The van der Waals surface area contributed by atoms with E-state index in [4.69, 9.17) is 4.74 Å². The Morgan fingerprint density at radius 2 is 2.44 bits per heavy atom. The van der Waals surface area contributed by atoms with E-state index in [1.165, 1.54) is 4.35 Å². The van der Waals surface area contributed by atoms with E-state index in [1.807, 2.05) is 12.1 Å². The Kier molecular flexibility index (Phi) is 2.12. The number of ether oxygens (including phenoxy) is 1. The third kappa shape index (κ3) is 1.72. The Morgan fingerprint density at radius 3 is 2.89 bits per heavy atom. The van der Waals surface area contributed by atoms with Gasteiger partial charge in [0.15, 0.2) is 0 Å². The molecule has 0 N–H and O–H groups in total. The van der Waals surface area contributed by atoms with Gasteiger partial charge in [-0.15, -0.1) is 0 Å². The summed E-state index contributed by atoms with van der Waals surface area (Å²) in [6.07, 6.45) is 1.75. The molecule has 0 radical (unpaired) electrons. The van der Waals surface area contributed by atoms with Gasteiger partial charge >= 0.3 is 62.2 Å². The maximum atomic E-state index is 4.89. The van der Waals surface area contributed by atoms with Gasteiger partial charge < -0.3 is 0 Å². The summed E-state index contributed by atoms with van der Waals surface area (Å²) in [5.74, 6) is 0.692. The molecule has 1 rings (SSSR count). The number of hydrogen-bond donors (Lipinski definition) is 0. The second-order valence-corrected chi connectivity index (χ2v) is 3.03. The van der Waals surface area contributed by atoms with Gasteiger partial charge in [0.1, 0.15) is 0 Å². The molecule has 0 aliphatic carbocycles. The molecule has 2 nitrogen and oxygen atoms in total. The summed E-state index contributed by atoms with van der Waals surface area (Å²) < 4.78 is 6.12. The number of nitrogens with zero attached hydrogens (tertiary/aromatic N) is 1. The predicted molar refractivity (Wildman–Crippen MR) is 39.0 cm³/mol. The molecule has 0 aliphatic heterocycles. The first kappa shape index (κ1) is 6.63. The van der Waals surface area contributed by atoms with Crippen molar-refractivity contribution < 1.29 is 4.74 Å². The average Bonchev–Trinajstić information content (AvgIpc) is 1.88. The molecular formula is C6H8AsNO. The van der Waals surface area contributed by atoms with Crippen LogP contribution in [0.15, 0.2) is 18.3 Å². The van der Waals surface area contributed by atoms with Crippen LogP contribution in [0, 0.1) is 0 Å². The second kappa shape index (κ2) is 2.88. The molecule has 0 fully saturated rings. The van der Waals surface area contributed by atoms with Crippen molar-refractivity contribution in [2.75, 3.05) is 7.11 Å². The summed E-state index contributed by atoms with van der Waals surface area (Å²) in [5.41, 5.74) is 0. The molecule has 0 saturated heterocycles. The standard InChI is InChI=1S/C6H8AsNO/c1-9-6-4-5(7)2-3-8-6/h2-4H,7H2,1H3. The van der Waals surface area contributed by atoms with E-state index in [9.17, 15) is 0 Å². The quantitative estimate of drug-likeness (QED) is 0.542. The van der Waals surface area contributed by atoms with Crippen LogP contribution in [0.2, 0.25) is 0 Å². The van der Waals surface area contributed by atoms with E-state index in [0.29, 0.717) is 5.88 Å². The van der Waals surface area contributed by atoms with Crippen molar-refractivity contribution in [3.63, 3.8) is 0 Å². The zero-order valence-electron chi connectivity index (χ0n) is 5.16. The first-order valence-electron chi connectivity index (χ1n) is 2.58. The first-order chi connectivity index (χ1) is 4.33. The molecule has 0 aliphatic rings. The van der Waals surface area contributed by atoms with E-state index in [-0.39, 0.29) is 0 Å². The van der Waals surface area contributed by atoms with Crippen LogP contribution in [0.1, 0.15) is 0 Å². The fourth-order valence-corrected chi connectivity index (χ4v) is 1.02. The van der Waals surface area contributed by atoms with Crippen molar-refractivity contribution >= 4 is 21.2 Å². The first-order valence-corrected chi connectivity index (χ1v) is 3.79. The topological polar surface area (TPSA) is 22.1 Å². The third-order valence-corrected chi connectivity index (χ3v) is 1.72. The van der Waals surface area contributed by atoms with Crippen LogP contribution in [0.3, 0.4) is 0 Å². The maximum absolute atomic E-state index is 4.89. The molecule has 9 heavy (non-hydrogen) atoms. The molecule has 0 amide bonds. The summed E-state index contributed by atoms with van der Waals surface area (Å²) in [7, 11) is 1.62. The molecule has 1 unspecified atom stereocenters. The number of rotatable bonds is 1. The van der Waals surface area contributed by atoms with E-state index in [1.54, 1.807) is 30.2 Å².